The van der Waals surface area contributed by atoms with Gasteiger partial charge in [0.15, 0.2) is 0 Å². The smallest absolute Gasteiger partial charge is 0.377 e. The molecule has 0 aromatic carbocycles. The molecule has 0 bridgehead atoms. The van der Waals surface area contributed by atoms with Crippen molar-refractivity contribution in [1.82, 2.24) is 0 Å². The van der Waals surface area contributed by atoms with Crippen molar-refractivity contribution in [3.8, 4) is 0 Å². The third-order valence-electron chi connectivity index (χ3n) is 2.16. The number of hydrogen-bond donors (Lipinski definition) is 0. The quantitative estimate of drug-likeness (QED) is 0.243. The highest BCUT2D eigenvalue weighted by atomic mass is 29.2. The van der Waals surface area contributed by atoms with E-state index in [0.717, 1.165) is 12.5 Å². The summed E-state index contributed by atoms with van der Waals surface area (Å²) in [5.74, 6) is 0. The van der Waals surface area contributed by atoms with Gasteiger partial charge >= 0.3 is 8.32 Å². The zero-order valence-electron chi connectivity index (χ0n) is 11.0. The largest absolute Gasteiger partial charge is 0.462 e. The second kappa shape index (κ2) is 10.8. The van der Waals surface area contributed by atoms with Crippen LogP contribution in [0.1, 0.15) is 27.2 Å². The van der Waals surface area contributed by atoms with Crippen LogP contribution in [0.5, 0.6) is 0 Å². The second-order valence-corrected chi connectivity index (χ2v) is 10.9. The Morgan fingerprint density at radius 2 is 1.65 bits per heavy atom. The molecule has 0 N–H and O–H groups in total. The van der Waals surface area contributed by atoms with Crippen LogP contribution in [0.25, 0.3) is 0 Å². The summed E-state index contributed by atoms with van der Waals surface area (Å²) in [5, 5.41) is 0. The predicted octanol–water partition coefficient (Wildman–Crippen LogP) is 0.844. The van der Waals surface area contributed by atoms with Gasteiger partial charge in [0, 0.05) is 19.8 Å². The Labute approximate surface area is 107 Å². The number of hydrogen-bond acceptors (Lipinski definition) is 5. The number of isocyanates is 1. The monoisotopic (exact) mass is 277 g/mol. The molecule has 7 heteroatoms. The van der Waals surface area contributed by atoms with Crippen LogP contribution >= 0.6 is 0 Å². The molecule has 0 aliphatic rings. The first-order chi connectivity index (χ1) is 8.24. The van der Waals surface area contributed by atoms with E-state index in [1.54, 1.807) is 6.08 Å². The summed E-state index contributed by atoms with van der Waals surface area (Å²) >= 11 is 0. The van der Waals surface area contributed by atoms with Gasteiger partial charge in [-0.3, -0.25) is 0 Å². The highest BCUT2D eigenvalue weighted by Gasteiger charge is 2.38. The van der Waals surface area contributed by atoms with Crippen LogP contribution in [0.15, 0.2) is 4.99 Å². The van der Waals surface area contributed by atoms with Gasteiger partial charge in [-0.25, -0.2) is 9.79 Å². The molecule has 0 aliphatic carbocycles. The Bertz CT molecular complexity index is 217. The fourth-order valence-electron chi connectivity index (χ4n) is 1.58. The minimum Gasteiger partial charge on any atom is -0.377 e. The van der Waals surface area contributed by atoms with Crippen LogP contribution in [0.3, 0.4) is 0 Å². The Morgan fingerprint density at radius 3 is 2.06 bits per heavy atom. The molecule has 100 valence electrons. The molecule has 0 spiro atoms. The Morgan fingerprint density at radius 1 is 1.12 bits per heavy atom. The van der Waals surface area contributed by atoms with Gasteiger partial charge in [0.2, 0.25) is 6.08 Å². The molecule has 0 aliphatic heterocycles. The molecule has 0 rings (SSSR count). The molecule has 0 radical (unpaired) electrons. The summed E-state index contributed by atoms with van der Waals surface area (Å²) in [6, 6.07) is 1.03. The topological polar surface area (TPSA) is 57.1 Å². The highest BCUT2D eigenvalue weighted by molar-refractivity contribution is 7.14. The summed E-state index contributed by atoms with van der Waals surface area (Å²) in [6.45, 7) is 8.33. The van der Waals surface area contributed by atoms with Crippen molar-refractivity contribution in [3.63, 3.8) is 0 Å². The van der Waals surface area contributed by atoms with E-state index in [2.05, 4.69) is 4.99 Å². The summed E-state index contributed by atoms with van der Waals surface area (Å²) < 4.78 is 17.3. The summed E-state index contributed by atoms with van der Waals surface area (Å²) in [6.07, 6.45) is 2.44. The lowest BCUT2D eigenvalue weighted by Gasteiger charge is -2.28. The van der Waals surface area contributed by atoms with Gasteiger partial charge in [-0.15, -0.1) is 0 Å². The van der Waals surface area contributed by atoms with E-state index in [1.165, 1.54) is 0 Å². The Balaban J connectivity index is 4.17. The maximum atomic E-state index is 9.93. The molecule has 0 saturated heterocycles. The van der Waals surface area contributed by atoms with Gasteiger partial charge < -0.3 is 13.3 Å². The van der Waals surface area contributed by atoms with Gasteiger partial charge in [0.05, 0.1) is 6.54 Å². The first-order valence-corrected chi connectivity index (χ1v) is 11.3. The first-order valence-electron chi connectivity index (χ1n) is 6.20. The van der Waals surface area contributed by atoms with Gasteiger partial charge in [-0.05, 0) is 27.2 Å². The molecule has 0 unspecified atom stereocenters. The maximum absolute atomic E-state index is 9.93. The van der Waals surface area contributed by atoms with Crippen molar-refractivity contribution in [1.29, 1.82) is 0 Å². The zero-order valence-corrected chi connectivity index (χ0v) is 13.4. The fraction of sp³-hybridized carbons (Fsp3) is 0.900. The van der Waals surface area contributed by atoms with E-state index in [4.69, 9.17) is 13.3 Å². The lowest BCUT2D eigenvalue weighted by Crippen LogP contribution is -2.52. The molecular formula is C10H23NO4Si2. The van der Waals surface area contributed by atoms with E-state index in [-0.39, 0.29) is 0 Å². The average Bonchev–Trinajstić information content (AvgIpc) is 2.30. The van der Waals surface area contributed by atoms with E-state index in [0.29, 0.717) is 26.4 Å². The number of carbonyl (C=O) groups excluding carboxylic acids is 1. The van der Waals surface area contributed by atoms with Crippen molar-refractivity contribution in [2.75, 3.05) is 26.4 Å². The lowest BCUT2D eigenvalue weighted by molar-refractivity contribution is 0.0929. The Kier molecular flexibility index (Phi) is 10.6. The molecular weight excluding hydrogens is 254 g/mol. The molecule has 5 nitrogen and oxygen atoms in total. The van der Waals surface area contributed by atoms with Crippen LogP contribution in [0.2, 0.25) is 6.04 Å². The third-order valence-corrected chi connectivity index (χ3v) is 10.5. The second-order valence-electron chi connectivity index (χ2n) is 3.41. The fourth-order valence-corrected chi connectivity index (χ4v) is 9.67. The van der Waals surface area contributed by atoms with Crippen LogP contribution in [0.4, 0.5) is 0 Å². The van der Waals surface area contributed by atoms with Crippen molar-refractivity contribution in [2.24, 2.45) is 4.99 Å². The van der Waals surface area contributed by atoms with Gasteiger partial charge in [-0.2, -0.15) is 0 Å². The molecule has 0 aromatic rings. The summed E-state index contributed by atoms with van der Waals surface area (Å²) in [5.41, 5.74) is 0. The molecule has 0 saturated carbocycles. The van der Waals surface area contributed by atoms with E-state index in [9.17, 15) is 4.79 Å². The van der Waals surface area contributed by atoms with E-state index >= 15 is 0 Å². The molecule has 0 aromatic heterocycles. The van der Waals surface area contributed by atoms with Gasteiger partial charge in [0.25, 0.3) is 0 Å². The minimum absolute atomic E-state index is 0.547. The standard InChI is InChI=1S/C10H23NO4Si2/c1-4-13-17(14-5-2,15-6-3)16-9-7-8-11-10-12/h4-9,16H2,1-3H3. The maximum Gasteiger partial charge on any atom is 0.462 e. The van der Waals surface area contributed by atoms with E-state index in [1.807, 2.05) is 20.8 Å². The Hall–Kier alpha value is -0.306. The van der Waals surface area contributed by atoms with Crippen molar-refractivity contribution < 1.29 is 18.1 Å². The van der Waals surface area contributed by atoms with Gasteiger partial charge in [-0.1, -0.05) is 6.04 Å². The van der Waals surface area contributed by atoms with Crippen LogP contribution < -0.4 is 0 Å². The number of rotatable bonds is 11. The number of nitrogens with zero attached hydrogens (tertiary/aromatic N) is 1. The van der Waals surface area contributed by atoms with Crippen molar-refractivity contribution in [3.05, 3.63) is 0 Å². The number of aliphatic imine (C=N–C) groups is 1. The molecule has 17 heavy (non-hydrogen) atoms. The van der Waals surface area contributed by atoms with Crippen LogP contribution in [-0.2, 0) is 18.1 Å². The normalized spacial score (nSPS) is 11.9. The minimum atomic E-state index is -2.36. The molecule has 0 atom stereocenters. The van der Waals surface area contributed by atoms with Crippen molar-refractivity contribution >= 4 is 23.4 Å². The average molecular weight is 277 g/mol. The van der Waals surface area contributed by atoms with E-state index < -0.39 is 17.4 Å². The third kappa shape index (κ3) is 7.59. The first kappa shape index (κ1) is 16.7. The lowest BCUT2D eigenvalue weighted by atomic mass is 10.5. The summed E-state index contributed by atoms with van der Waals surface area (Å²) in [7, 11) is -2.92. The van der Waals surface area contributed by atoms with Crippen LogP contribution in [0, 0.1) is 0 Å². The SMILES string of the molecule is CCO[Si](OCC)(OCC)[SiH2]CCCN=C=O. The zero-order chi connectivity index (χ0) is 13.0. The van der Waals surface area contributed by atoms with Crippen LogP contribution in [-0.4, -0.2) is 49.8 Å². The van der Waals surface area contributed by atoms with Crippen molar-refractivity contribution in [2.45, 2.75) is 33.2 Å². The summed E-state index contributed by atoms with van der Waals surface area (Å²) in [4.78, 5) is 13.5. The predicted molar refractivity (Wildman–Crippen MR) is 71.6 cm³/mol. The van der Waals surface area contributed by atoms with Gasteiger partial charge in [0.1, 0.15) is 9.04 Å². The molecule has 0 fully saturated rings. The molecule has 0 amide bonds. The highest BCUT2D eigenvalue weighted by Crippen LogP contribution is 2.11. The molecule has 0 heterocycles.